The molecule has 0 saturated carbocycles. The molecule has 0 saturated heterocycles. The van der Waals surface area contributed by atoms with E-state index in [2.05, 4.69) is 46.4 Å². The van der Waals surface area contributed by atoms with Crippen molar-refractivity contribution < 1.29 is 0 Å². The van der Waals surface area contributed by atoms with Crippen LogP contribution in [0.15, 0.2) is 34.8 Å². The van der Waals surface area contributed by atoms with E-state index in [1.807, 2.05) is 12.1 Å². The third kappa shape index (κ3) is 3.84. The molecule has 3 heteroatoms. The molecule has 1 N–H and O–H groups in total. The monoisotopic (exact) mass is 327 g/mol. The normalized spacial score (nSPS) is 20.9. The molecule has 0 heterocycles. The fraction of sp³-hybridized carbons (Fsp3) is 0.467. The van der Waals surface area contributed by atoms with Gasteiger partial charge in [0.25, 0.3) is 0 Å². The standard InChI is InChI=1S/C15H19BrClN/c1-11(14-8-7-13(16)9-15(14)17)18-10-12-5-3-2-4-6-12/h2-3,7-9,11-12,18H,4-6,10H2,1H3. The van der Waals surface area contributed by atoms with E-state index in [0.29, 0.717) is 6.04 Å². The second kappa shape index (κ2) is 6.74. The van der Waals surface area contributed by atoms with E-state index in [9.17, 15) is 0 Å². The van der Waals surface area contributed by atoms with Gasteiger partial charge in [-0.25, -0.2) is 0 Å². The first-order valence-electron chi connectivity index (χ1n) is 6.50. The average molecular weight is 329 g/mol. The van der Waals surface area contributed by atoms with Crippen molar-refractivity contribution in [3.63, 3.8) is 0 Å². The Morgan fingerprint density at radius 3 is 2.94 bits per heavy atom. The Kier molecular flexibility index (Phi) is 5.28. The van der Waals surface area contributed by atoms with Crippen LogP contribution in [0.4, 0.5) is 0 Å². The maximum Gasteiger partial charge on any atom is 0.0464 e. The van der Waals surface area contributed by atoms with E-state index in [1.165, 1.54) is 24.8 Å². The largest absolute Gasteiger partial charge is 0.310 e. The van der Waals surface area contributed by atoms with Crippen LogP contribution in [0.2, 0.25) is 5.02 Å². The van der Waals surface area contributed by atoms with Crippen molar-refractivity contribution in [1.29, 1.82) is 0 Å². The zero-order valence-electron chi connectivity index (χ0n) is 10.6. The smallest absolute Gasteiger partial charge is 0.0464 e. The van der Waals surface area contributed by atoms with Gasteiger partial charge in [-0.05, 0) is 56.3 Å². The SMILES string of the molecule is CC(NCC1CC=CCC1)c1ccc(Br)cc1Cl. The summed E-state index contributed by atoms with van der Waals surface area (Å²) in [5.41, 5.74) is 1.17. The highest BCUT2D eigenvalue weighted by atomic mass is 79.9. The minimum absolute atomic E-state index is 0.302. The molecular weight excluding hydrogens is 310 g/mol. The van der Waals surface area contributed by atoms with Crippen LogP contribution >= 0.6 is 27.5 Å². The molecule has 2 atom stereocenters. The molecule has 2 unspecified atom stereocenters. The highest BCUT2D eigenvalue weighted by Gasteiger charge is 2.13. The first-order chi connectivity index (χ1) is 8.66. The van der Waals surface area contributed by atoms with Crippen LogP contribution in [0.3, 0.4) is 0 Å². The zero-order valence-corrected chi connectivity index (χ0v) is 13.0. The lowest BCUT2D eigenvalue weighted by Gasteiger charge is -2.22. The molecule has 18 heavy (non-hydrogen) atoms. The highest BCUT2D eigenvalue weighted by Crippen LogP contribution is 2.27. The minimum atomic E-state index is 0.302. The molecule has 1 aliphatic carbocycles. The van der Waals surface area contributed by atoms with Gasteiger partial charge in [0, 0.05) is 15.5 Å². The van der Waals surface area contributed by atoms with Crippen LogP contribution in [-0.4, -0.2) is 6.54 Å². The molecule has 0 amide bonds. The fourth-order valence-corrected chi connectivity index (χ4v) is 3.18. The summed E-state index contributed by atoms with van der Waals surface area (Å²) >= 11 is 9.70. The molecule has 2 rings (SSSR count). The van der Waals surface area contributed by atoms with Gasteiger partial charge in [-0.2, -0.15) is 0 Å². The summed E-state index contributed by atoms with van der Waals surface area (Å²) in [5, 5.41) is 4.42. The summed E-state index contributed by atoms with van der Waals surface area (Å²) in [4.78, 5) is 0. The van der Waals surface area contributed by atoms with Crippen molar-refractivity contribution in [2.75, 3.05) is 6.54 Å². The minimum Gasteiger partial charge on any atom is -0.310 e. The Hall–Kier alpha value is -0.310. The second-order valence-corrected chi connectivity index (χ2v) is 6.27. The summed E-state index contributed by atoms with van der Waals surface area (Å²) < 4.78 is 1.03. The summed E-state index contributed by atoms with van der Waals surface area (Å²) in [5.74, 6) is 0.770. The lowest BCUT2D eigenvalue weighted by Crippen LogP contribution is -2.26. The third-order valence-electron chi connectivity index (χ3n) is 3.52. The summed E-state index contributed by atoms with van der Waals surface area (Å²) in [6.45, 7) is 3.24. The quantitative estimate of drug-likeness (QED) is 0.757. The summed E-state index contributed by atoms with van der Waals surface area (Å²) in [6, 6.07) is 6.39. The molecule has 1 nitrogen and oxygen atoms in total. The third-order valence-corrected chi connectivity index (χ3v) is 4.34. The van der Waals surface area contributed by atoms with Gasteiger partial charge in [0.1, 0.15) is 0 Å². The second-order valence-electron chi connectivity index (χ2n) is 4.95. The van der Waals surface area contributed by atoms with Crippen LogP contribution in [0.5, 0.6) is 0 Å². The lowest BCUT2D eigenvalue weighted by molar-refractivity contribution is 0.415. The molecule has 0 aliphatic heterocycles. The molecule has 0 radical (unpaired) electrons. The number of rotatable bonds is 4. The topological polar surface area (TPSA) is 12.0 Å². The van der Waals surface area contributed by atoms with E-state index in [1.54, 1.807) is 0 Å². The molecule has 1 aliphatic rings. The Labute approximate surface area is 123 Å². The number of benzene rings is 1. The molecule has 0 bridgehead atoms. The van der Waals surface area contributed by atoms with Crippen molar-refractivity contribution in [1.82, 2.24) is 5.32 Å². The van der Waals surface area contributed by atoms with Crippen LogP contribution in [0, 0.1) is 5.92 Å². The zero-order chi connectivity index (χ0) is 13.0. The van der Waals surface area contributed by atoms with Gasteiger partial charge in [-0.1, -0.05) is 45.7 Å². The van der Waals surface area contributed by atoms with Crippen molar-refractivity contribution in [3.8, 4) is 0 Å². The van der Waals surface area contributed by atoms with Gasteiger partial charge in [0.15, 0.2) is 0 Å². The highest BCUT2D eigenvalue weighted by molar-refractivity contribution is 9.10. The Morgan fingerprint density at radius 1 is 1.44 bits per heavy atom. The number of hydrogen-bond donors (Lipinski definition) is 1. The molecule has 1 aromatic rings. The van der Waals surface area contributed by atoms with Crippen LogP contribution in [0.25, 0.3) is 0 Å². The Morgan fingerprint density at radius 2 is 2.28 bits per heavy atom. The van der Waals surface area contributed by atoms with E-state index in [-0.39, 0.29) is 0 Å². The number of allylic oxidation sites excluding steroid dienone is 2. The summed E-state index contributed by atoms with van der Waals surface area (Å²) in [6.07, 6.45) is 8.30. The maximum atomic E-state index is 6.26. The molecule has 0 aromatic heterocycles. The van der Waals surface area contributed by atoms with Crippen molar-refractivity contribution in [2.45, 2.75) is 32.2 Å². The van der Waals surface area contributed by atoms with Gasteiger partial charge in [-0.3, -0.25) is 0 Å². The predicted molar refractivity (Wildman–Crippen MR) is 82.1 cm³/mol. The van der Waals surface area contributed by atoms with E-state index >= 15 is 0 Å². The molecule has 0 fully saturated rings. The lowest BCUT2D eigenvalue weighted by atomic mass is 9.94. The van der Waals surface area contributed by atoms with Gasteiger partial charge in [-0.15, -0.1) is 0 Å². The fourth-order valence-electron chi connectivity index (χ4n) is 2.35. The molecule has 98 valence electrons. The molecule has 0 spiro atoms. The van der Waals surface area contributed by atoms with Gasteiger partial charge < -0.3 is 5.32 Å². The average Bonchev–Trinajstić information content (AvgIpc) is 2.37. The number of hydrogen-bond acceptors (Lipinski definition) is 1. The first kappa shape index (κ1) is 14.1. The van der Waals surface area contributed by atoms with Gasteiger partial charge >= 0.3 is 0 Å². The van der Waals surface area contributed by atoms with Crippen LogP contribution in [0.1, 0.15) is 37.8 Å². The first-order valence-corrected chi connectivity index (χ1v) is 7.67. The summed E-state index contributed by atoms with van der Waals surface area (Å²) in [7, 11) is 0. The predicted octanol–water partition coefficient (Wildman–Crippen LogP) is 5.11. The van der Waals surface area contributed by atoms with E-state index in [4.69, 9.17) is 11.6 Å². The van der Waals surface area contributed by atoms with Gasteiger partial charge in [0.2, 0.25) is 0 Å². The van der Waals surface area contributed by atoms with Crippen molar-refractivity contribution in [3.05, 3.63) is 45.4 Å². The Balaban J connectivity index is 1.90. The van der Waals surface area contributed by atoms with Crippen molar-refractivity contribution >= 4 is 27.5 Å². The molecule has 1 aromatic carbocycles. The van der Waals surface area contributed by atoms with Crippen molar-refractivity contribution in [2.24, 2.45) is 5.92 Å². The van der Waals surface area contributed by atoms with Crippen LogP contribution < -0.4 is 5.32 Å². The Bertz CT molecular complexity index is 431. The van der Waals surface area contributed by atoms with E-state index < -0.39 is 0 Å². The maximum absolute atomic E-state index is 6.26. The van der Waals surface area contributed by atoms with Gasteiger partial charge in [0.05, 0.1) is 0 Å². The number of nitrogens with one attached hydrogen (secondary N) is 1. The van der Waals surface area contributed by atoms with Crippen LogP contribution in [-0.2, 0) is 0 Å². The van der Waals surface area contributed by atoms with E-state index in [0.717, 1.165) is 22.0 Å². The molecular formula is C15H19BrClN. The number of halogens is 2.